The van der Waals surface area contributed by atoms with Gasteiger partial charge in [-0.05, 0) is 26.2 Å². The van der Waals surface area contributed by atoms with Gasteiger partial charge in [0.2, 0.25) is 0 Å². The number of hydrogen-bond donors (Lipinski definition) is 1. The maximum Gasteiger partial charge on any atom is 0.0196 e. The van der Waals surface area contributed by atoms with Crippen molar-refractivity contribution in [1.29, 1.82) is 0 Å². The molecular formula is C13H24N2. The smallest absolute Gasteiger partial charge is 0.0196 e. The molecule has 2 atom stereocenters. The second-order valence-electron chi connectivity index (χ2n) is 5.04. The van der Waals surface area contributed by atoms with Crippen molar-refractivity contribution in [3.63, 3.8) is 0 Å². The first-order valence-electron chi connectivity index (χ1n) is 6.45. The molecule has 1 saturated heterocycles. The van der Waals surface area contributed by atoms with E-state index in [-0.39, 0.29) is 0 Å². The Labute approximate surface area is 93.7 Å². The van der Waals surface area contributed by atoms with E-state index in [1.807, 2.05) is 0 Å². The summed E-state index contributed by atoms with van der Waals surface area (Å²) in [5, 5.41) is 3.66. The molecule has 1 fully saturated rings. The third kappa shape index (κ3) is 2.61. The predicted molar refractivity (Wildman–Crippen MR) is 65.0 cm³/mol. The van der Waals surface area contributed by atoms with Crippen molar-refractivity contribution in [1.82, 2.24) is 10.2 Å². The van der Waals surface area contributed by atoms with Gasteiger partial charge in [-0.15, -0.1) is 0 Å². The van der Waals surface area contributed by atoms with Crippen LogP contribution in [-0.4, -0.2) is 36.1 Å². The Morgan fingerprint density at radius 3 is 2.73 bits per heavy atom. The van der Waals surface area contributed by atoms with E-state index in [0.29, 0.717) is 6.04 Å². The summed E-state index contributed by atoms with van der Waals surface area (Å²) in [6.07, 6.45) is 9.83. The topological polar surface area (TPSA) is 15.3 Å². The van der Waals surface area contributed by atoms with Crippen molar-refractivity contribution < 1.29 is 0 Å². The van der Waals surface area contributed by atoms with Crippen molar-refractivity contribution >= 4 is 0 Å². The minimum Gasteiger partial charge on any atom is -0.311 e. The summed E-state index contributed by atoms with van der Waals surface area (Å²) in [7, 11) is 0. The molecule has 2 heteroatoms. The summed E-state index contributed by atoms with van der Waals surface area (Å²) in [6.45, 7) is 7.05. The van der Waals surface area contributed by atoms with Crippen LogP contribution in [0.25, 0.3) is 0 Å². The van der Waals surface area contributed by atoms with E-state index in [4.69, 9.17) is 0 Å². The molecule has 2 nitrogen and oxygen atoms in total. The van der Waals surface area contributed by atoms with Crippen LogP contribution in [0.2, 0.25) is 0 Å². The zero-order valence-corrected chi connectivity index (χ0v) is 10.1. The van der Waals surface area contributed by atoms with E-state index in [9.17, 15) is 0 Å². The quantitative estimate of drug-likeness (QED) is 0.715. The molecule has 1 N–H and O–H groups in total. The Bertz CT molecular complexity index is 217. The van der Waals surface area contributed by atoms with Crippen LogP contribution in [0.5, 0.6) is 0 Å². The summed E-state index contributed by atoms with van der Waals surface area (Å²) < 4.78 is 0. The van der Waals surface area contributed by atoms with Gasteiger partial charge in [0.25, 0.3) is 0 Å². The van der Waals surface area contributed by atoms with Gasteiger partial charge in [0.15, 0.2) is 0 Å². The Hall–Kier alpha value is -0.340. The standard InChI is InChI=1S/C13H24N2/c1-3-6-12-10-15(11(2)9-14-12)13-7-4-5-8-13/h4-5,11-14H,3,6-10H2,1-2H3. The number of rotatable bonds is 3. The van der Waals surface area contributed by atoms with Crippen molar-refractivity contribution in [2.24, 2.45) is 0 Å². The molecule has 1 heterocycles. The van der Waals surface area contributed by atoms with Gasteiger partial charge in [-0.25, -0.2) is 0 Å². The van der Waals surface area contributed by atoms with Gasteiger partial charge >= 0.3 is 0 Å². The van der Waals surface area contributed by atoms with Crippen molar-refractivity contribution in [3.8, 4) is 0 Å². The van der Waals surface area contributed by atoms with Crippen molar-refractivity contribution in [2.75, 3.05) is 13.1 Å². The first-order valence-corrected chi connectivity index (χ1v) is 6.45. The third-order valence-corrected chi connectivity index (χ3v) is 3.79. The zero-order valence-electron chi connectivity index (χ0n) is 10.1. The Morgan fingerprint density at radius 2 is 2.07 bits per heavy atom. The Morgan fingerprint density at radius 1 is 1.33 bits per heavy atom. The van der Waals surface area contributed by atoms with Gasteiger partial charge in [0, 0.05) is 31.2 Å². The van der Waals surface area contributed by atoms with Crippen LogP contribution >= 0.6 is 0 Å². The lowest BCUT2D eigenvalue weighted by Gasteiger charge is -2.42. The van der Waals surface area contributed by atoms with Gasteiger partial charge in [-0.3, -0.25) is 4.90 Å². The fourth-order valence-corrected chi connectivity index (χ4v) is 2.88. The number of hydrogen-bond acceptors (Lipinski definition) is 2. The maximum atomic E-state index is 3.66. The Kier molecular flexibility index (Phi) is 3.81. The lowest BCUT2D eigenvalue weighted by molar-refractivity contribution is 0.0932. The molecule has 0 aromatic heterocycles. The summed E-state index contributed by atoms with van der Waals surface area (Å²) in [5.74, 6) is 0. The second kappa shape index (κ2) is 5.13. The summed E-state index contributed by atoms with van der Waals surface area (Å²) >= 11 is 0. The third-order valence-electron chi connectivity index (χ3n) is 3.79. The molecule has 2 aliphatic rings. The first kappa shape index (κ1) is 11.2. The molecule has 0 saturated carbocycles. The summed E-state index contributed by atoms with van der Waals surface area (Å²) in [4.78, 5) is 2.72. The van der Waals surface area contributed by atoms with Crippen LogP contribution in [0.4, 0.5) is 0 Å². The van der Waals surface area contributed by atoms with Gasteiger partial charge < -0.3 is 5.32 Å². The molecule has 0 aromatic rings. The molecule has 0 spiro atoms. The fourth-order valence-electron chi connectivity index (χ4n) is 2.88. The molecule has 0 amide bonds. The van der Waals surface area contributed by atoms with E-state index < -0.39 is 0 Å². The van der Waals surface area contributed by atoms with Crippen LogP contribution < -0.4 is 5.32 Å². The lowest BCUT2D eigenvalue weighted by atomic mass is 10.0. The normalized spacial score (nSPS) is 33.7. The predicted octanol–water partition coefficient (Wildman–Crippen LogP) is 2.17. The van der Waals surface area contributed by atoms with Crippen LogP contribution in [0, 0.1) is 0 Å². The van der Waals surface area contributed by atoms with E-state index in [1.165, 1.54) is 38.8 Å². The van der Waals surface area contributed by atoms with Crippen molar-refractivity contribution in [2.45, 2.75) is 57.7 Å². The van der Waals surface area contributed by atoms with Crippen LogP contribution in [0.15, 0.2) is 12.2 Å². The molecule has 0 bridgehead atoms. The zero-order chi connectivity index (χ0) is 10.7. The number of nitrogens with one attached hydrogen (secondary N) is 1. The van der Waals surface area contributed by atoms with Gasteiger partial charge in [-0.2, -0.15) is 0 Å². The maximum absolute atomic E-state index is 3.66. The molecule has 0 aromatic carbocycles. The highest BCUT2D eigenvalue weighted by atomic mass is 15.2. The molecular weight excluding hydrogens is 184 g/mol. The molecule has 0 radical (unpaired) electrons. The van der Waals surface area contributed by atoms with Gasteiger partial charge in [0.05, 0.1) is 0 Å². The summed E-state index contributed by atoms with van der Waals surface area (Å²) in [5.41, 5.74) is 0. The molecule has 1 aliphatic carbocycles. The van der Waals surface area contributed by atoms with E-state index in [0.717, 1.165) is 12.1 Å². The van der Waals surface area contributed by atoms with Crippen LogP contribution in [0.1, 0.15) is 39.5 Å². The van der Waals surface area contributed by atoms with Crippen LogP contribution in [-0.2, 0) is 0 Å². The number of nitrogens with zero attached hydrogens (tertiary/aromatic N) is 1. The average molecular weight is 208 g/mol. The SMILES string of the molecule is CCCC1CN(C2CC=CC2)C(C)CN1. The summed E-state index contributed by atoms with van der Waals surface area (Å²) in [6, 6.07) is 2.23. The average Bonchev–Trinajstić information content (AvgIpc) is 2.74. The first-order chi connectivity index (χ1) is 7.31. The largest absolute Gasteiger partial charge is 0.311 e. The minimum absolute atomic E-state index is 0.711. The van der Waals surface area contributed by atoms with Gasteiger partial charge in [-0.1, -0.05) is 25.5 Å². The molecule has 15 heavy (non-hydrogen) atoms. The number of piperazine rings is 1. The van der Waals surface area contributed by atoms with E-state index in [2.05, 4.69) is 36.2 Å². The van der Waals surface area contributed by atoms with Crippen molar-refractivity contribution in [3.05, 3.63) is 12.2 Å². The highest BCUT2D eigenvalue weighted by Gasteiger charge is 2.29. The second-order valence-corrected chi connectivity index (χ2v) is 5.04. The highest BCUT2D eigenvalue weighted by molar-refractivity contribution is 5.01. The fraction of sp³-hybridized carbons (Fsp3) is 0.846. The Balaban J connectivity index is 1.90. The minimum atomic E-state index is 0.711. The molecule has 2 rings (SSSR count). The molecule has 2 unspecified atom stereocenters. The monoisotopic (exact) mass is 208 g/mol. The lowest BCUT2D eigenvalue weighted by Crippen LogP contribution is -2.58. The van der Waals surface area contributed by atoms with E-state index in [1.54, 1.807) is 0 Å². The molecule has 86 valence electrons. The van der Waals surface area contributed by atoms with Gasteiger partial charge in [0.1, 0.15) is 0 Å². The highest BCUT2D eigenvalue weighted by Crippen LogP contribution is 2.22. The molecule has 1 aliphatic heterocycles. The van der Waals surface area contributed by atoms with E-state index >= 15 is 0 Å². The van der Waals surface area contributed by atoms with Crippen LogP contribution in [0.3, 0.4) is 0 Å².